The summed E-state index contributed by atoms with van der Waals surface area (Å²) >= 11 is 0. The van der Waals surface area contributed by atoms with Crippen LogP contribution in [0.3, 0.4) is 0 Å². The molecule has 0 aliphatic carbocycles. The van der Waals surface area contributed by atoms with Gasteiger partial charge in [-0.15, -0.1) is 0 Å². The lowest BCUT2D eigenvalue weighted by atomic mass is 10.5. The summed E-state index contributed by atoms with van der Waals surface area (Å²) in [5.74, 6) is 0. The predicted molar refractivity (Wildman–Crippen MR) is 118 cm³/mol. The minimum absolute atomic E-state index is 0.545. The van der Waals surface area contributed by atoms with Gasteiger partial charge < -0.3 is 8.85 Å². The normalized spacial score (nSPS) is 33.3. The molecule has 2 rings (SSSR count). The zero-order chi connectivity index (χ0) is 18.3. The lowest BCUT2D eigenvalue weighted by Crippen LogP contribution is -2.75. The third-order valence-corrected chi connectivity index (χ3v) is 64.9. The fraction of sp³-hybridized carbons (Fsp3) is 1.00. The van der Waals surface area contributed by atoms with E-state index >= 15 is 0 Å². The minimum atomic E-state index is -1.32. The molecular weight excluding hydrogens is 365 g/mol. The molecule has 1 atom stereocenters. The van der Waals surface area contributed by atoms with Crippen LogP contribution in [0.2, 0.25) is 77.6 Å². The molecule has 0 bridgehead atoms. The van der Waals surface area contributed by atoms with Crippen molar-refractivity contribution in [2.45, 2.75) is 97.0 Å². The first-order chi connectivity index (χ1) is 10.1. The molecule has 23 heavy (non-hydrogen) atoms. The van der Waals surface area contributed by atoms with Gasteiger partial charge in [0.25, 0.3) is 0 Å². The van der Waals surface area contributed by atoms with Crippen molar-refractivity contribution >= 4 is 38.0 Å². The average Bonchev–Trinajstić information content (AvgIpc) is 2.30. The molecule has 0 amide bonds. The van der Waals surface area contributed by atoms with Crippen LogP contribution in [0.1, 0.15) is 13.3 Å². The van der Waals surface area contributed by atoms with Crippen LogP contribution >= 0.6 is 0 Å². The number of hydrogen-bond donors (Lipinski definition) is 0. The second-order valence-corrected chi connectivity index (χ2v) is 53.1. The maximum Gasteiger partial charge on any atom is 0.173 e. The Hall–Kier alpha value is 1.00. The van der Waals surface area contributed by atoms with Crippen molar-refractivity contribution in [2.24, 2.45) is 0 Å². The SMILES string of the molecule is CC1C[Si](C)(C)[Si](C)(C)[Si](C)(C)O1.C[Si]1(C)CCCO[Si]1(C)C. The Bertz CT molecular complexity index is 383. The van der Waals surface area contributed by atoms with Gasteiger partial charge in [-0.2, -0.15) is 0 Å². The molecule has 7 heteroatoms. The van der Waals surface area contributed by atoms with E-state index < -0.39 is 38.0 Å². The van der Waals surface area contributed by atoms with Gasteiger partial charge in [-0.25, -0.2) is 0 Å². The lowest BCUT2D eigenvalue weighted by Gasteiger charge is -2.54. The average molecular weight is 407 g/mol. The van der Waals surface area contributed by atoms with Crippen LogP contribution in [-0.4, -0.2) is 50.7 Å². The van der Waals surface area contributed by atoms with Crippen molar-refractivity contribution in [3.63, 3.8) is 0 Å². The van der Waals surface area contributed by atoms with E-state index in [4.69, 9.17) is 8.85 Å². The quantitative estimate of drug-likeness (QED) is 0.489. The van der Waals surface area contributed by atoms with Gasteiger partial charge in [0.1, 0.15) is 0 Å². The molecule has 0 spiro atoms. The van der Waals surface area contributed by atoms with Crippen LogP contribution in [0.15, 0.2) is 0 Å². The van der Waals surface area contributed by atoms with Gasteiger partial charge in [0.15, 0.2) is 15.7 Å². The van der Waals surface area contributed by atoms with Gasteiger partial charge in [0.05, 0.1) is 14.7 Å². The highest BCUT2D eigenvalue weighted by molar-refractivity contribution is 7.67. The van der Waals surface area contributed by atoms with E-state index in [-0.39, 0.29) is 0 Å². The van der Waals surface area contributed by atoms with Crippen LogP contribution in [0, 0.1) is 0 Å². The highest BCUT2D eigenvalue weighted by Crippen LogP contribution is 2.38. The Morgan fingerprint density at radius 2 is 1.26 bits per heavy atom. The second-order valence-electron chi connectivity index (χ2n) is 10.5. The third kappa shape index (κ3) is 4.59. The molecule has 0 N–H and O–H groups in total. The Morgan fingerprint density at radius 3 is 1.61 bits per heavy atom. The molecule has 0 saturated carbocycles. The molecule has 0 aromatic rings. The fourth-order valence-corrected chi connectivity index (χ4v) is 40.4. The zero-order valence-corrected chi connectivity index (χ0v) is 22.7. The molecule has 1 unspecified atom stereocenters. The largest absolute Gasteiger partial charge is 0.420 e. The highest BCUT2D eigenvalue weighted by atomic mass is 29.6. The van der Waals surface area contributed by atoms with Crippen molar-refractivity contribution in [1.29, 1.82) is 0 Å². The monoisotopic (exact) mass is 406 g/mol. The van der Waals surface area contributed by atoms with E-state index in [0.717, 1.165) is 6.61 Å². The van der Waals surface area contributed by atoms with Crippen molar-refractivity contribution in [3.8, 4) is 0 Å². The van der Waals surface area contributed by atoms with Crippen LogP contribution < -0.4 is 0 Å². The molecule has 0 aromatic heterocycles. The number of rotatable bonds is 0. The van der Waals surface area contributed by atoms with Gasteiger partial charge in [-0.05, 0) is 45.6 Å². The van der Waals surface area contributed by atoms with Crippen molar-refractivity contribution in [2.75, 3.05) is 6.61 Å². The van der Waals surface area contributed by atoms with E-state index in [1.165, 1.54) is 18.5 Å². The van der Waals surface area contributed by atoms with Gasteiger partial charge in [0, 0.05) is 20.3 Å². The summed E-state index contributed by atoms with van der Waals surface area (Å²) in [4.78, 5) is 0. The molecule has 2 aliphatic rings. The summed E-state index contributed by atoms with van der Waals surface area (Å²) in [5, 5.41) is 0. The first-order valence-corrected chi connectivity index (χ1v) is 27.6. The summed E-state index contributed by atoms with van der Waals surface area (Å²) in [6.07, 6.45) is 1.86. The lowest BCUT2D eigenvalue weighted by molar-refractivity contribution is 0.235. The van der Waals surface area contributed by atoms with Gasteiger partial charge in [-0.3, -0.25) is 0 Å². The molecule has 2 nitrogen and oxygen atoms in total. The van der Waals surface area contributed by atoms with E-state index in [1.54, 1.807) is 0 Å². The van der Waals surface area contributed by atoms with E-state index in [9.17, 15) is 0 Å². The predicted octanol–water partition coefficient (Wildman–Crippen LogP) is 5.58. The van der Waals surface area contributed by atoms with Crippen molar-refractivity contribution in [1.82, 2.24) is 0 Å². The molecule has 2 heterocycles. The summed E-state index contributed by atoms with van der Waals surface area (Å²) in [6, 6.07) is 2.88. The van der Waals surface area contributed by atoms with Crippen LogP contribution in [-0.2, 0) is 8.85 Å². The van der Waals surface area contributed by atoms with Crippen molar-refractivity contribution in [3.05, 3.63) is 0 Å². The highest BCUT2D eigenvalue weighted by Gasteiger charge is 2.57. The summed E-state index contributed by atoms with van der Waals surface area (Å²) < 4.78 is 12.1. The Morgan fingerprint density at radius 1 is 0.739 bits per heavy atom. The van der Waals surface area contributed by atoms with Gasteiger partial charge in [-0.1, -0.05) is 45.3 Å². The summed E-state index contributed by atoms with van der Waals surface area (Å²) in [5.41, 5.74) is 0. The van der Waals surface area contributed by atoms with Crippen LogP contribution in [0.5, 0.6) is 0 Å². The van der Waals surface area contributed by atoms with E-state index in [0.29, 0.717) is 6.10 Å². The fourth-order valence-electron chi connectivity index (χ4n) is 3.82. The zero-order valence-electron chi connectivity index (χ0n) is 17.7. The van der Waals surface area contributed by atoms with Crippen LogP contribution in [0.25, 0.3) is 0 Å². The first-order valence-electron chi connectivity index (χ1n) is 9.38. The maximum atomic E-state index is 6.26. The molecule has 2 aliphatic heterocycles. The Balaban J connectivity index is 0.000000238. The molecule has 0 aromatic carbocycles. The third-order valence-electron chi connectivity index (χ3n) is 7.53. The smallest absolute Gasteiger partial charge is 0.173 e. The topological polar surface area (TPSA) is 18.5 Å². The standard InChI is InChI=1S/C9H24OSi3.C7H18OSi2/c1-9-8-11(2,3)13(6,7)12(4,5)10-9;1-9(2)7-5-6-8-10(9,3)4/h9H,8H2,1-7H3;5-7H2,1-4H3. The molecule has 2 saturated heterocycles. The van der Waals surface area contributed by atoms with Crippen molar-refractivity contribution < 1.29 is 8.85 Å². The first kappa shape index (κ1) is 22.0. The van der Waals surface area contributed by atoms with Gasteiger partial charge in [0.2, 0.25) is 0 Å². The molecular formula is C16H42O2Si5. The van der Waals surface area contributed by atoms with Gasteiger partial charge >= 0.3 is 0 Å². The Labute approximate surface area is 150 Å². The summed E-state index contributed by atoms with van der Waals surface area (Å²) in [6.45, 7) is 28.3. The molecule has 138 valence electrons. The molecule has 2 fully saturated rings. The molecule has 0 radical (unpaired) electrons. The Kier molecular flexibility index (Phi) is 6.67. The number of hydrogen-bond acceptors (Lipinski definition) is 2. The summed E-state index contributed by atoms with van der Waals surface area (Å²) in [7, 11) is -5.37. The van der Waals surface area contributed by atoms with E-state index in [2.05, 4.69) is 72.4 Å². The maximum absolute atomic E-state index is 6.26. The van der Waals surface area contributed by atoms with E-state index in [1.807, 2.05) is 0 Å². The minimum Gasteiger partial charge on any atom is -0.420 e. The second kappa shape index (κ2) is 6.96. The van der Waals surface area contributed by atoms with Crippen LogP contribution in [0.4, 0.5) is 0 Å².